The molecule has 1 aliphatic heterocycles. The Hall–Kier alpha value is -4.51. The second kappa shape index (κ2) is 9.77. The van der Waals surface area contributed by atoms with E-state index in [-0.39, 0.29) is 5.91 Å². The van der Waals surface area contributed by atoms with Crippen LogP contribution in [0.15, 0.2) is 108 Å². The van der Waals surface area contributed by atoms with Crippen molar-refractivity contribution in [3.05, 3.63) is 131 Å². The van der Waals surface area contributed by atoms with E-state index in [9.17, 15) is 9.59 Å². The smallest absolute Gasteiger partial charge is 0.337 e. The number of rotatable bonds is 6. The average molecular weight is 461 g/mol. The number of carbonyl (C=O) groups is 2. The van der Waals surface area contributed by atoms with Gasteiger partial charge in [-0.1, -0.05) is 78.9 Å². The second-order valence-corrected chi connectivity index (χ2v) is 8.41. The molecule has 1 heterocycles. The number of ether oxygens (including phenoxy) is 1. The number of anilines is 1. The van der Waals surface area contributed by atoms with Crippen LogP contribution in [0, 0.1) is 0 Å². The SMILES string of the molecule is COC(=O)c1ccc2c(c1)NC(=O)C2C(=Nc1ccc(Cc2ccccc2)cc1)c1ccccc1. The first kappa shape index (κ1) is 22.3. The molecule has 1 atom stereocenters. The van der Waals surface area contributed by atoms with Crippen LogP contribution in [0.3, 0.4) is 0 Å². The minimum atomic E-state index is -0.594. The monoisotopic (exact) mass is 460 g/mol. The summed E-state index contributed by atoms with van der Waals surface area (Å²) in [5.74, 6) is -1.22. The van der Waals surface area contributed by atoms with Gasteiger partial charge < -0.3 is 10.1 Å². The third-order valence-corrected chi connectivity index (χ3v) is 6.09. The molecule has 0 radical (unpaired) electrons. The van der Waals surface area contributed by atoms with Crippen molar-refractivity contribution in [1.29, 1.82) is 0 Å². The lowest BCUT2D eigenvalue weighted by molar-refractivity contribution is -0.115. The molecule has 0 bridgehead atoms. The summed E-state index contributed by atoms with van der Waals surface area (Å²) in [5.41, 5.74) is 6.51. The molecular weight excluding hydrogens is 436 g/mol. The fourth-order valence-electron chi connectivity index (χ4n) is 4.34. The number of carbonyl (C=O) groups excluding carboxylic acids is 2. The first-order chi connectivity index (χ1) is 17.1. The highest BCUT2D eigenvalue weighted by Gasteiger charge is 2.35. The van der Waals surface area contributed by atoms with E-state index in [4.69, 9.17) is 9.73 Å². The normalized spacial score (nSPS) is 14.8. The molecule has 172 valence electrons. The largest absolute Gasteiger partial charge is 0.465 e. The highest BCUT2D eigenvalue weighted by Crippen LogP contribution is 2.37. The second-order valence-electron chi connectivity index (χ2n) is 8.41. The minimum Gasteiger partial charge on any atom is -0.465 e. The lowest BCUT2D eigenvalue weighted by Crippen LogP contribution is -2.21. The summed E-state index contributed by atoms with van der Waals surface area (Å²) in [6, 6.07) is 33.3. The molecule has 0 fully saturated rings. The summed E-state index contributed by atoms with van der Waals surface area (Å²) < 4.78 is 4.82. The summed E-state index contributed by atoms with van der Waals surface area (Å²) >= 11 is 0. The summed E-state index contributed by atoms with van der Waals surface area (Å²) in [4.78, 5) is 30.0. The fourth-order valence-corrected chi connectivity index (χ4v) is 4.34. The Kier molecular flexibility index (Phi) is 6.22. The Labute approximate surface area is 204 Å². The fraction of sp³-hybridized carbons (Fsp3) is 0.100. The molecule has 0 spiro atoms. The summed E-state index contributed by atoms with van der Waals surface area (Å²) in [6.45, 7) is 0. The number of nitrogens with zero attached hydrogens (tertiary/aromatic N) is 1. The summed E-state index contributed by atoms with van der Waals surface area (Å²) in [5, 5.41) is 2.91. The predicted octanol–water partition coefficient (Wildman–Crippen LogP) is 5.92. The van der Waals surface area contributed by atoms with E-state index < -0.39 is 11.9 Å². The van der Waals surface area contributed by atoms with Crippen LogP contribution < -0.4 is 5.32 Å². The number of nitrogens with one attached hydrogen (secondary N) is 1. The molecule has 1 amide bonds. The summed E-state index contributed by atoms with van der Waals surface area (Å²) in [7, 11) is 1.34. The molecule has 5 nitrogen and oxygen atoms in total. The number of benzene rings is 4. The van der Waals surface area contributed by atoms with Gasteiger partial charge in [0.1, 0.15) is 5.92 Å². The highest BCUT2D eigenvalue weighted by atomic mass is 16.5. The van der Waals surface area contributed by atoms with Crippen molar-refractivity contribution in [2.24, 2.45) is 4.99 Å². The third-order valence-electron chi connectivity index (χ3n) is 6.09. The molecule has 4 aromatic rings. The van der Waals surface area contributed by atoms with E-state index in [0.717, 1.165) is 23.2 Å². The van der Waals surface area contributed by atoms with Crippen LogP contribution in [0.1, 0.15) is 38.5 Å². The van der Waals surface area contributed by atoms with Crippen LogP contribution in [0.25, 0.3) is 0 Å². The quantitative estimate of drug-likeness (QED) is 0.287. The standard InChI is InChI=1S/C30H24N2O3/c1-35-30(34)23-14-17-25-26(19-23)32-29(33)27(25)28(22-10-6-3-7-11-22)31-24-15-12-21(13-16-24)18-20-8-4-2-5-9-20/h2-17,19,27H,18H2,1H3,(H,32,33). The van der Waals surface area contributed by atoms with Gasteiger partial charge >= 0.3 is 5.97 Å². The van der Waals surface area contributed by atoms with Crippen molar-refractivity contribution in [2.45, 2.75) is 12.3 Å². The van der Waals surface area contributed by atoms with Gasteiger partial charge in [0, 0.05) is 5.69 Å². The van der Waals surface area contributed by atoms with Gasteiger partial charge in [-0.3, -0.25) is 9.79 Å². The van der Waals surface area contributed by atoms with Gasteiger partial charge in [-0.25, -0.2) is 4.79 Å². The van der Waals surface area contributed by atoms with E-state index in [1.165, 1.54) is 18.2 Å². The maximum Gasteiger partial charge on any atom is 0.337 e. The van der Waals surface area contributed by atoms with Gasteiger partial charge in [-0.05, 0) is 52.9 Å². The Morgan fingerprint density at radius 2 is 1.49 bits per heavy atom. The van der Waals surface area contributed by atoms with Gasteiger partial charge in [0.25, 0.3) is 0 Å². The lowest BCUT2D eigenvalue weighted by Gasteiger charge is -2.14. The summed E-state index contributed by atoms with van der Waals surface area (Å²) in [6.07, 6.45) is 0.845. The van der Waals surface area contributed by atoms with E-state index in [0.29, 0.717) is 17.0 Å². The number of hydrogen-bond acceptors (Lipinski definition) is 4. The van der Waals surface area contributed by atoms with Crippen molar-refractivity contribution in [3.8, 4) is 0 Å². The number of aliphatic imine (C=N–C) groups is 1. The lowest BCUT2D eigenvalue weighted by atomic mass is 9.90. The maximum atomic E-state index is 13.1. The Balaban J connectivity index is 1.51. The first-order valence-corrected chi connectivity index (χ1v) is 11.4. The molecule has 5 rings (SSSR count). The van der Waals surface area contributed by atoms with Crippen molar-refractivity contribution < 1.29 is 14.3 Å². The van der Waals surface area contributed by atoms with Crippen LogP contribution >= 0.6 is 0 Å². The molecule has 0 saturated heterocycles. The maximum absolute atomic E-state index is 13.1. The van der Waals surface area contributed by atoms with Crippen LogP contribution in [0.4, 0.5) is 11.4 Å². The van der Waals surface area contributed by atoms with Gasteiger partial charge in [-0.15, -0.1) is 0 Å². The van der Waals surface area contributed by atoms with Crippen LogP contribution in [-0.4, -0.2) is 24.7 Å². The Bertz CT molecular complexity index is 1390. The predicted molar refractivity (Wildman–Crippen MR) is 137 cm³/mol. The zero-order valence-corrected chi connectivity index (χ0v) is 19.3. The Morgan fingerprint density at radius 3 is 2.17 bits per heavy atom. The molecule has 0 aromatic heterocycles. The molecule has 1 unspecified atom stereocenters. The first-order valence-electron chi connectivity index (χ1n) is 11.4. The van der Waals surface area contributed by atoms with Crippen molar-refractivity contribution in [3.63, 3.8) is 0 Å². The number of hydrogen-bond donors (Lipinski definition) is 1. The molecule has 4 aromatic carbocycles. The number of fused-ring (bicyclic) bond motifs is 1. The molecule has 0 saturated carbocycles. The zero-order valence-electron chi connectivity index (χ0n) is 19.3. The van der Waals surface area contributed by atoms with Gasteiger partial charge in [0.15, 0.2) is 0 Å². The molecule has 1 N–H and O–H groups in total. The van der Waals surface area contributed by atoms with E-state index >= 15 is 0 Å². The topological polar surface area (TPSA) is 67.8 Å². The molecule has 1 aliphatic rings. The highest BCUT2D eigenvalue weighted by molar-refractivity contribution is 6.24. The minimum absolute atomic E-state index is 0.176. The van der Waals surface area contributed by atoms with Crippen LogP contribution in [-0.2, 0) is 16.0 Å². The molecule has 35 heavy (non-hydrogen) atoms. The van der Waals surface area contributed by atoms with Crippen molar-refractivity contribution in [2.75, 3.05) is 12.4 Å². The van der Waals surface area contributed by atoms with E-state index in [2.05, 4.69) is 29.6 Å². The van der Waals surface area contributed by atoms with Gasteiger partial charge in [0.2, 0.25) is 5.91 Å². The number of methoxy groups -OCH3 is 1. The van der Waals surface area contributed by atoms with Crippen LogP contribution in [0.5, 0.6) is 0 Å². The molecular formula is C30H24N2O3. The molecule has 0 aliphatic carbocycles. The van der Waals surface area contributed by atoms with Crippen molar-refractivity contribution >= 4 is 29.0 Å². The number of esters is 1. The van der Waals surface area contributed by atoms with Gasteiger partial charge in [0.05, 0.1) is 24.1 Å². The third kappa shape index (κ3) is 4.75. The van der Waals surface area contributed by atoms with Crippen molar-refractivity contribution in [1.82, 2.24) is 0 Å². The van der Waals surface area contributed by atoms with Gasteiger partial charge in [-0.2, -0.15) is 0 Å². The average Bonchev–Trinajstić information content (AvgIpc) is 3.23. The van der Waals surface area contributed by atoms with E-state index in [1.807, 2.05) is 60.7 Å². The molecule has 5 heteroatoms. The number of amides is 1. The van der Waals surface area contributed by atoms with E-state index in [1.54, 1.807) is 18.2 Å². The van der Waals surface area contributed by atoms with Crippen LogP contribution in [0.2, 0.25) is 0 Å². The Morgan fingerprint density at radius 1 is 0.829 bits per heavy atom. The zero-order chi connectivity index (χ0) is 24.2.